The zero-order chi connectivity index (χ0) is 11.4. The van der Waals surface area contributed by atoms with Crippen LogP contribution >= 0.6 is 0 Å². The van der Waals surface area contributed by atoms with E-state index in [9.17, 15) is 0 Å². The first-order valence-electron chi connectivity index (χ1n) is 6.07. The van der Waals surface area contributed by atoms with Crippen molar-refractivity contribution in [2.45, 2.75) is 45.4 Å². The Labute approximate surface area is 96.1 Å². The summed E-state index contributed by atoms with van der Waals surface area (Å²) in [6.45, 7) is 5.37. The van der Waals surface area contributed by atoms with Gasteiger partial charge in [-0.15, -0.1) is 5.10 Å². The van der Waals surface area contributed by atoms with Gasteiger partial charge in [-0.1, -0.05) is 18.6 Å². The molecule has 1 aromatic rings. The van der Waals surface area contributed by atoms with Crippen LogP contribution in [0.3, 0.4) is 0 Å². The molecule has 1 aliphatic rings. The highest BCUT2D eigenvalue weighted by molar-refractivity contribution is 4.90. The second-order valence-corrected chi connectivity index (χ2v) is 4.37. The van der Waals surface area contributed by atoms with Gasteiger partial charge in [0.1, 0.15) is 5.69 Å². The maximum atomic E-state index is 8.93. The summed E-state index contributed by atoms with van der Waals surface area (Å²) in [6.07, 6.45) is 5.69. The normalized spacial score (nSPS) is 22.5. The fraction of sp³-hybridized carbons (Fsp3) is 0.818. The summed E-state index contributed by atoms with van der Waals surface area (Å²) in [5.74, 6) is 0. The molecule has 0 spiro atoms. The average molecular weight is 224 g/mol. The Bertz CT molecular complexity index is 326. The second-order valence-electron chi connectivity index (χ2n) is 4.37. The van der Waals surface area contributed by atoms with Gasteiger partial charge in [0.2, 0.25) is 0 Å². The van der Waals surface area contributed by atoms with E-state index in [0.29, 0.717) is 11.7 Å². The number of likely N-dealkylation sites (N-methyl/N-ethyl adjacent to an activating group) is 1. The third-order valence-electron chi connectivity index (χ3n) is 3.30. The van der Waals surface area contributed by atoms with Crippen LogP contribution in [0.1, 0.15) is 31.9 Å². The number of hydrogen-bond acceptors (Lipinski definition) is 4. The SMILES string of the molecule is CCN1CCCC[C@@H]1Cn1cc(CO)nn1. The maximum absolute atomic E-state index is 8.93. The van der Waals surface area contributed by atoms with E-state index >= 15 is 0 Å². The molecule has 0 bridgehead atoms. The van der Waals surface area contributed by atoms with E-state index in [4.69, 9.17) is 5.11 Å². The van der Waals surface area contributed by atoms with Gasteiger partial charge in [-0.25, -0.2) is 0 Å². The molecule has 90 valence electrons. The summed E-state index contributed by atoms with van der Waals surface area (Å²) in [7, 11) is 0. The molecule has 0 aliphatic carbocycles. The largest absolute Gasteiger partial charge is 0.390 e. The quantitative estimate of drug-likeness (QED) is 0.815. The summed E-state index contributed by atoms with van der Waals surface area (Å²) in [4.78, 5) is 2.50. The summed E-state index contributed by atoms with van der Waals surface area (Å²) in [5, 5.41) is 16.9. The topological polar surface area (TPSA) is 54.2 Å². The molecule has 0 radical (unpaired) electrons. The van der Waals surface area contributed by atoms with Crippen LogP contribution in [0.2, 0.25) is 0 Å². The van der Waals surface area contributed by atoms with Crippen LogP contribution in [0.5, 0.6) is 0 Å². The zero-order valence-electron chi connectivity index (χ0n) is 9.84. The lowest BCUT2D eigenvalue weighted by Gasteiger charge is -2.34. The van der Waals surface area contributed by atoms with Crippen molar-refractivity contribution in [2.75, 3.05) is 13.1 Å². The minimum atomic E-state index is -0.0256. The fourth-order valence-electron chi connectivity index (χ4n) is 2.40. The first kappa shape index (κ1) is 11.5. The number of aromatic nitrogens is 3. The molecule has 1 N–H and O–H groups in total. The molecular weight excluding hydrogens is 204 g/mol. The van der Waals surface area contributed by atoms with Crippen LogP contribution in [0.25, 0.3) is 0 Å². The van der Waals surface area contributed by atoms with Crippen molar-refractivity contribution in [2.24, 2.45) is 0 Å². The van der Waals surface area contributed by atoms with Gasteiger partial charge in [0.05, 0.1) is 19.3 Å². The van der Waals surface area contributed by atoms with Gasteiger partial charge in [-0.3, -0.25) is 9.58 Å². The Balaban J connectivity index is 1.96. The highest BCUT2D eigenvalue weighted by Crippen LogP contribution is 2.17. The number of rotatable bonds is 4. The molecule has 5 heteroatoms. The second kappa shape index (κ2) is 5.41. The Morgan fingerprint density at radius 3 is 3.06 bits per heavy atom. The van der Waals surface area contributed by atoms with Crippen LogP contribution < -0.4 is 0 Å². The van der Waals surface area contributed by atoms with Crippen LogP contribution in [0.4, 0.5) is 0 Å². The molecule has 0 aromatic carbocycles. The Hall–Kier alpha value is -0.940. The molecule has 0 saturated carbocycles. The van der Waals surface area contributed by atoms with Gasteiger partial charge in [-0.2, -0.15) is 0 Å². The molecule has 1 atom stereocenters. The van der Waals surface area contributed by atoms with Crippen molar-refractivity contribution in [1.82, 2.24) is 19.9 Å². The summed E-state index contributed by atoms with van der Waals surface area (Å²) < 4.78 is 1.85. The standard InChI is InChI=1S/C11H20N4O/c1-2-14-6-4-3-5-11(14)8-15-7-10(9-16)12-13-15/h7,11,16H,2-6,8-9H2,1H3/t11-/m1/s1. The number of nitrogens with zero attached hydrogens (tertiary/aromatic N) is 4. The lowest BCUT2D eigenvalue weighted by atomic mass is 10.0. The highest BCUT2D eigenvalue weighted by atomic mass is 16.3. The van der Waals surface area contributed by atoms with Crippen LogP contribution in [0, 0.1) is 0 Å². The minimum Gasteiger partial charge on any atom is -0.390 e. The highest BCUT2D eigenvalue weighted by Gasteiger charge is 2.21. The van der Waals surface area contributed by atoms with E-state index < -0.39 is 0 Å². The molecule has 1 saturated heterocycles. The molecule has 1 aliphatic heterocycles. The number of piperidine rings is 1. The van der Waals surface area contributed by atoms with Crippen molar-refractivity contribution >= 4 is 0 Å². The first-order chi connectivity index (χ1) is 7.83. The molecule has 2 rings (SSSR count). The number of hydrogen-bond donors (Lipinski definition) is 1. The van der Waals surface area contributed by atoms with Gasteiger partial charge in [0, 0.05) is 6.04 Å². The smallest absolute Gasteiger partial charge is 0.108 e. The van der Waals surface area contributed by atoms with E-state index in [0.717, 1.165) is 13.1 Å². The summed E-state index contributed by atoms with van der Waals surface area (Å²) in [6, 6.07) is 0.576. The molecule has 1 fully saturated rings. The fourth-order valence-corrected chi connectivity index (χ4v) is 2.40. The van der Waals surface area contributed by atoms with Gasteiger partial charge in [-0.05, 0) is 25.9 Å². The van der Waals surface area contributed by atoms with Gasteiger partial charge < -0.3 is 5.11 Å². The first-order valence-corrected chi connectivity index (χ1v) is 6.07. The summed E-state index contributed by atoms with van der Waals surface area (Å²) in [5.41, 5.74) is 0.652. The lowest BCUT2D eigenvalue weighted by Crippen LogP contribution is -2.41. The van der Waals surface area contributed by atoms with Crippen molar-refractivity contribution in [3.63, 3.8) is 0 Å². The Kier molecular flexibility index (Phi) is 3.90. The Morgan fingerprint density at radius 2 is 2.38 bits per heavy atom. The average Bonchev–Trinajstić information content (AvgIpc) is 2.77. The number of aliphatic hydroxyl groups excluding tert-OH is 1. The third kappa shape index (κ3) is 2.59. The lowest BCUT2D eigenvalue weighted by molar-refractivity contribution is 0.136. The van der Waals surface area contributed by atoms with E-state index in [2.05, 4.69) is 22.1 Å². The van der Waals surface area contributed by atoms with E-state index in [1.807, 2.05) is 10.9 Å². The maximum Gasteiger partial charge on any atom is 0.108 e. The zero-order valence-corrected chi connectivity index (χ0v) is 9.84. The molecule has 5 nitrogen and oxygen atoms in total. The van der Waals surface area contributed by atoms with Crippen LogP contribution in [-0.2, 0) is 13.2 Å². The van der Waals surface area contributed by atoms with Gasteiger partial charge >= 0.3 is 0 Å². The van der Waals surface area contributed by atoms with Crippen LogP contribution in [-0.4, -0.2) is 44.1 Å². The Morgan fingerprint density at radius 1 is 1.50 bits per heavy atom. The van der Waals surface area contributed by atoms with Crippen molar-refractivity contribution < 1.29 is 5.11 Å². The third-order valence-corrected chi connectivity index (χ3v) is 3.30. The summed E-state index contributed by atoms with van der Waals surface area (Å²) >= 11 is 0. The number of aliphatic hydroxyl groups is 1. The van der Waals surface area contributed by atoms with Crippen molar-refractivity contribution in [3.8, 4) is 0 Å². The van der Waals surface area contributed by atoms with Gasteiger partial charge in [0.15, 0.2) is 0 Å². The molecule has 0 amide bonds. The predicted octanol–water partition coefficient (Wildman–Crippen LogP) is 0.645. The van der Waals surface area contributed by atoms with E-state index in [1.54, 1.807) is 0 Å². The number of likely N-dealkylation sites (tertiary alicyclic amines) is 1. The molecule has 2 heterocycles. The molecular formula is C11H20N4O. The van der Waals surface area contributed by atoms with Crippen LogP contribution in [0.15, 0.2) is 6.20 Å². The predicted molar refractivity (Wildman–Crippen MR) is 60.8 cm³/mol. The molecule has 16 heavy (non-hydrogen) atoms. The van der Waals surface area contributed by atoms with Crippen molar-refractivity contribution in [1.29, 1.82) is 0 Å². The van der Waals surface area contributed by atoms with E-state index in [-0.39, 0.29) is 6.61 Å². The van der Waals surface area contributed by atoms with Gasteiger partial charge in [0.25, 0.3) is 0 Å². The van der Waals surface area contributed by atoms with E-state index in [1.165, 1.54) is 25.8 Å². The molecule has 1 aromatic heterocycles. The molecule has 0 unspecified atom stereocenters. The minimum absolute atomic E-state index is 0.0256. The van der Waals surface area contributed by atoms with Crippen molar-refractivity contribution in [3.05, 3.63) is 11.9 Å². The monoisotopic (exact) mass is 224 g/mol.